The molecule has 0 aliphatic rings. The van der Waals surface area contributed by atoms with Gasteiger partial charge in [-0.3, -0.25) is 4.79 Å². The monoisotopic (exact) mass is 448 g/mol. The fourth-order valence-electron chi connectivity index (χ4n) is 3.43. The van der Waals surface area contributed by atoms with Crippen molar-refractivity contribution in [1.29, 1.82) is 0 Å². The number of carbonyl (C=O) groups is 1. The molecule has 0 aliphatic heterocycles. The van der Waals surface area contributed by atoms with Gasteiger partial charge < -0.3 is 11.1 Å². The van der Waals surface area contributed by atoms with Crippen molar-refractivity contribution in [3.63, 3.8) is 0 Å². The molecule has 0 saturated carbocycles. The molecule has 1 amide bonds. The summed E-state index contributed by atoms with van der Waals surface area (Å²) >= 11 is 0. The van der Waals surface area contributed by atoms with E-state index in [0.29, 0.717) is 18.8 Å². The van der Waals surface area contributed by atoms with Gasteiger partial charge in [0.1, 0.15) is 0 Å². The largest absolute Gasteiger partial charge is 0.351 e. The Hall–Kier alpha value is -3.55. The minimum absolute atomic E-state index is 0. The molecule has 1 heterocycles. The lowest BCUT2D eigenvalue weighted by Crippen LogP contribution is -2.40. The summed E-state index contributed by atoms with van der Waals surface area (Å²) in [5.74, 6) is 0.416. The minimum Gasteiger partial charge on any atom is -0.351 e. The molecule has 4 N–H and O–H groups in total. The molecule has 1 aromatic heterocycles. The molecule has 0 unspecified atom stereocenters. The van der Waals surface area contributed by atoms with Gasteiger partial charge in [-0.05, 0) is 40.3 Å². The number of carbonyl (C=O) groups excluding carboxylic acids is 1. The summed E-state index contributed by atoms with van der Waals surface area (Å²) in [6.45, 7) is 0.435. The van der Waals surface area contributed by atoms with E-state index in [-0.39, 0.29) is 18.3 Å². The van der Waals surface area contributed by atoms with Gasteiger partial charge in [-0.2, -0.15) is 5.21 Å². The third kappa shape index (κ3) is 5.78. The third-order valence-corrected chi connectivity index (χ3v) is 5.17. The van der Waals surface area contributed by atoms with Crippen LogP contribution in [0.2, 0.25) is 0 Å². The number of aromatic nitrogens is 4. The number of tetrazole rings is 1. The van der Waals surface area contributed by atoms with Gasteiger partial charge in [-0.25, -0.2) is 0 Å². The number of amides is 1. The van der Waals surface area contributed by atoms with Crippen LogP contribution in [0.3, 0.4) is 0 Å². The molecule has 4 rings (SSSR count). The molecule has 1 atom stereocenters. The lowest BCUT2D eigenvalue weighted by molar-refractivity contribution is -0.122. The van der Waals surface area contributed by atoms with Crippen molar-refractivity contribution in [2.24, 2.45) is 5.73 Å². The summed E-state index contributed by atoms with van der Waals surface area (Å²) in [6, 6.07) is 25.5. The Labute approximate surface area is 192 Å². The molecular formula is C24H25ClN6O. The average Bonchev–Trinajstić information content (AvgIpc) is 3.37. The topological polar surface area (TPSA) is 110 Å². The van der Waals surface area contributed by atoms with Crippen LogP contribution in [0.15, 0.2) is 78.9 Å². The predicted octanol–water partition coefficient (Wildman–Crippen LogP) is 3.53. The molecule has 8 heteroatoms. The number of nitrogens with one attached hydrogen (secondary N) is 2. The summed E-state index contributed by atoms with van der Waals surface area (Å²) in [7, 11) is 0. The van der Waals surface area contributed by atoms with E-state index in [4.69, 9.17) is 5.73 Å². The van der Waals surface area contributed by atoms with Crippen LogP contribution >= 0.6 is 12.4 Å². The smallest absolute Gasteiger partial charge is 0.237 e. The molecule has 0 spiro atoms. The molecule has 0 aliphatic carbocycles. The lowest BCUT2D eigenvalue weighted by Gasteiger charge is -2.13. The number of aryl methyl sites for hydroxylation is 1. The van der Waals surface area contributed by atoms with E-state index in [1.165, 1.54) is 5.56 Å². The van der Waals surface area contributed by atoms with Crippen LogP contribution in [0.1, 0.15) is 17.5 Å². The van der Waals surface area contributed by atoms with Gasteiger partial charge in [0.25, 0.3) is 0 Å². The zero-order valence-corrected chi connectivity index (χ0v) is 18.3. The SMILES string of the molecule is Cl.N[C@H](CCc1ccccc1)C(=O)NCc1ccc(-c2ccccc2-c2nn[nH]n2)cc1. The molecule has 7 nitrogen and oxygen atoms in total. The Kier molecular flexibility index (Phi) is 8.08. The molecule has 32 heavy (non-hydrogen) atoms. The highest BCUT2D eigenvalue weighted by atomic mass is 35.5. The Morgan fingerprint density at radius 3 is 2.28 bits per heavy atom. The zero-order chi connectivity index (χ0) is 21.5. The number of nitrogens with zero attached hydrogens (tertiary/aromatic N) is 3. The van der Waals surface area contributed by atoms with Crippen LogP contribution in [0, 0.1) is 0 Å². The number of rotatable bonds is 8. The van der Waals surface area contributed by atoms with E-state index in [1.807, 2.05) is 78.9 Å². The Balaban J connectivity index is 0.00000289. The summed E-state index contributed by atoms with van der Waals surface area (Å²) in [4.78, 5) is 12.3. The number of aromatic amines is 1. The van der Waals surface area contributed by atoms with Crippen molar-refractivity contribution in [2.45, 2.75) is 25.4 Å². The molecule has 0 radical (unpaired) electrons. The van der Waals surface area contributed by atoms with Crippen molar-refractivity contribution < 1.29 is 4.79 Å². The van der Waals surface area contributed by atoms with E-state index in [0.717, 1.165) is 28.7 Å². The number of nitrogens with two attached hydrogens (primary N) is 1. The van der Waals surface area contributed by atoms with Gasteiger partial charge in [-0.15, -0.1) is 22.6 Å². The fourth-order valence-corrected chi connectivity index (χ4v) is 3.43. The Morgan fingerprint density at radius 2 is 1.59 bits per heavy atom. The number of benzene rings is 3. The van der Waals surface area contributed by atoms with Gasteiger partial charge in [0.15, 0.2) is 0 Å². The number of hydrogen-bond acceptors (Lipinski definition) is 5. The minimum atomic E-state index is -0.527. The van der Waals surface area contributed by atoms with Crippen molar-refractivity contribution in [2.75, 3.05) is 0 Å². The molecule has 3 aromatic carbocycles. The van der Waals surface area contributed by atoms with Crippen LogP contribution in [-0.4, -0.2) is 32.6 Å². The highest BCUT2D eigenvalue weighted by Crippen LogP contribution is 2.29. The van der Waals surface area contributed by atoms with Gasteiger partial charge >= 0.3 is 0 Å². The lowest BCUT2D eigenvalue weighted by atomic mass is 9.98. The summed E-state index contributed by atoms with van der Waals surface area (Å²) < 4.78 is 0. The van der Waals surface area contributed by atoms with Gasteiger partial charge in [-0.1, -0.05) is 78.9 Å². The average molecular weight is 449 g/mol. The third-order valence-electron chi connectivity index (χ3n) is 5.17. The standard InChI is InChI=1S/C24H24N6O.ClH/c25-22(15-12-17-6-2-1-3-7-17)24(31)26-16-18-10-13-19(14-11-18)20-8-4-5-9-21(20)23-27-29-30-28-23;/h1-11,13-14,22H,12,15-16,25H2,(H,26,31)(H,27,28,29,30);1H/t22-;/m1./s1. The molecule has 0 saturated heterocycles. The first-order chi connectivity index (χ1) is 15.2. The van der Waals surface area contributed by atoms with Crippen LogP contribution in [-0.2, 0) is 17.8 Å². The molecule has 4 aromatic rings. The predicted molar refractivity (Wildman–Crippen MR) is 127 cm³/mol. The second kappa shape index (κ2) is 11.2. The first-order valence-corrected chi connectivity index (χ1v) is 10.2. The van der Waals surface area contributed by atoms with Crippen LogP contribution in [0.25, 0.3) is 22.5 Å². The van der Waals surface area contributed by atoms with Crippen molar-refractivity contribution >= 4 is 18.3 Å². The highest BCUT2D eigenvalue weighted by Gasteiger charge is 2.14. The molecule has 164 valence electrons. The van der Waals surface area contributed by atoms with Crippen molar-refractivity contribution in [3.05, 3.63) is 90.0 Å². The normalized spacial score (nSPS) is 11.4. The van der Waals surface area contributed by atoms with Crippen LogP contribution in [0.5, 0.6) is 0 Å². The maximum atomic E-state index is 12.3. The summed E-state index contributed by atoms with van der Waals surface area (Å²) in [5.41, 5.74) is 11.2. The van der Waals surface area contributed by atoms with Gasteiger partial charge in [0.05, 0.1) is 6.04 Å². The van der Waals surface area contributed by atoms with Crippen LogP contribution in [0.4, 0.5) is 0 Å². The van der Waals surface area contributed by atoms with E-state index >= 15 is 0 Å². The maximum absolute atomic E-state index is 12.3. The second-order valence-corrected chi connectivity index (χ2v) is 7.33. The first kappa shape index (κ1) is 23.1. The number of hydrogen-bond donors (Lipinski definition) is 3. The number of halogens is 1. The molecule has 0 fully saturated rings. The van der Waals surface area contributed by atoms with E-state index < -0.39 is 6.04 Å². The second-order valence-electron chi connectivity index (χ2n) is 7.33. The number of H-pyrrole nitrogens is 1. The summed E-state index contributed by atoms with van der Waals surface area (Å²) in [5, 5.41) is 17.2. The van der Waals surface area contributed by atoms with Crippen molar-refractivity contribution in [1.82, 2.24) is 25.9 Å². The maximum Gasteiger partial charge on any atom is 0.237 e. The molecular weight excluding hydrogens is 424 g/mol. The zero-order valence-electron chi connectivity index (χ0n) is 17.4. The molecule has 0 bridgehead atoms. The van der Waals surface area contributed by atoms with E-state index in [9.17, 15) is 4.79 Å². The highest BCUT2D eigenvalue weighted by molar-refractivity contribution is 5.85. The Morgan fingerprint density at radius 1 is 0.906 bits per heavy atom. The van der Waals surface area contributed by atoms with Gasteiger partial charge in [0, 0.05) is 12.1 Å². The van der Waals surface area contributed by atoms with Gasteiger partial charge in [0.2, 0.25) is 11.7 Å². The van der Waals surface area contributed by atoms with E-state index in [1.54, 1.807) is 0 Å². The fraction of sp³-hybridized carbons (Fsp3) is 0.167. The first-order valence-electron chi connectivity index (χ1n) is 10.2. The quantitative estimate of drug-likeness (QED) is 0.382. The summed E-state index contributed by atoms with van der Waals surface area (Å²) in [6.07, 6.45) is 1.39. The van der Waals surface area contributed by atoms with Crippen LogP contribution < -0.4 is 11.1 Å². The Bertz CT molecular complexity index is 1120. The van der Waals surface area contributed by atoms with E-state index in [2.05, 4.69) is 25.9 Å². The van der Waals surface area contributed by atoms with Crippen molar-refractivity contribution in [3.8, 4) is 22.5 Å².